The van der Waals surface area contributed by atoms with Gasteiger partial charge in [-0.2, -0.15) is 0 Å². The van der Waals surface area contributed by atoms with E-state index in [9.17, 15) is 4.79 Å². The van der Waals surface area contributed by atoms with Crippen LogP contribution in [0, 0.1) is 11.3 Å². The molecular formula is C35H52N4O5. The summed E-state index contributed by atoms with van der Waals surface area (Å²) < 4.78 is 23.8. The summed E-state index contributed by atoms with van der Waals surface area (Å²) in [5, 5.41) is 6.88. The smallest absolute Gasteiger partial charge is 0.225 e. The van der Waals surface area contributed by atoms with Crippen LogP contribution < -0.4 is 20.3 Å². The van der Waals surface area contributed by atoms with Gasteiger partial charge in [0, 0.05) is 70.4 Å². The number of ether oxygens (including phenoxy) is 4. The molecule has 3 aliphatic rings. The third-order valence-electron chi connectivity index (χ3n) is 9.48. The molecular weight excluding hydrogens is 556 g/mol. The number of rotatable bonds is 13. The average Bonchev–Trinajstić information content (AvgIpc) is 3.04. The number of benzene rings is 1. The van der Waals surface area contributed by atoms with Crippen molar-refractivity contribution in [2.45, 2.75) is 83.6 Å². The van der Waals surface area contributed by atoms with Crippen LogP contribution in [0.25, 0.3) is 0 Å². The molecule has 1 aromatic carbocycles. The van der Waals surface area contributed by atoms with Crippen molar-refractivity contribution < 1.29 is 23.7 Å². The number of anilines is 1. The molecule has 0 bridgehead atoms. The Morgan fingerprint density at radius 2 is 1.95 bits per heavy atom. The van der Waals surface area contributed by atoms with Gasteiger partial charge in [0.1, 0.15) is 11.4 Å². The molecule has 9 nitrogen and oxygen atoms in total. The number of piperidine rings is 1. The second-order valence-electron chi connectivity index (χ2n) is 13.6. The molecule has 1 aromatic heterocycles. The van der Waals surface area contributed by atoms with Crippen molar-refractivity contribution >= 4 is 11.6 Å². The molecule has 1 amide bonds. The SMILES string of the molecule is COCCCN1CC(C)(c2ccncc2)Oc2ccc(CO[C@@H]3CC[C@@H](CC(C)(C)C(=O)NCC4CCOCC4)NC3)cc21. The fraction of sp³-hybridized carbons (Fsp3) is 0.657. The molecule has 3 aliphatic heterocycles. The Morgan fingerprint density at radius 1 is 1.16 bits per heavy atom. The van der Waals surface area contributed by atoms with Gasteiger partial charge in [0.15, 0.2) is 0 Å². The monoisotopic (exact) mass is 608 g/mol. The zero-order chi connectivity index (χ0) is 31.0. The van der Waals surface area contributed by atoms with Crippen LogP contribution >= 0.6 is 0 Å². The van der Waals surface area contributed by atoms with Crippen molar-refractivity contribution in [2.75, 3.05) is 58.0 Å². The summed E-state index contributed by atoms with van der Waals surface area (Å²) in [5.41, 5.74) is 2.48. The Kier molecular flexibility index (Phi) is 11.2. The van der Waals surface area contributed by atoms with E-state index < -0.39 is 11.0 Å². The summed E-state index contributed by atoms with van der Waals surface area (Å²) in [6, 6.07) is 10.8. The first-order valence-corrected chi connectivity index (χ1v) is 16.4. The highest BCUT2D eigenvalue weighted by atomic mass is 16.5. The number of carbonyl (C=O) groups is 1. The van der Waals surface area contributed by atoms with E-state index in [1.54, 1.807) is 7.11 Å². The van der Waals surface area contributed by atoms with Crippen molar-refractivity contribution in [1.82, 2.24) is 15.6 Å². The average molecular weight is 609 g/mol. The number of nitrogens with one attached hydrogen (secondary N) is 2. The molecule has 0 aliphatic carbocycles. The van der Waals surface area contributed by atoms with Crippen molar-refractivity contribution in [3.63, 3.8) is 0 Å². The fourth-order valence-corrected chi connectivity index (χ4v) is 6.72. The van der Waals surface area contributed by atoms with E-state index >= 15 is 0 Å². The maximum atomic E-state index is 13.0. The zero-order valence-electron chi connectivity index (χ0n) is 27.1. The Hall–Kier alpha value is -2.72. The Bertz CT molecular complexity index is 1200. The van der Waals surface area contributed by atoms with Crippen molar-refractivity contribution in [2.24, 2.45) is 11.3 Å². The van der Waals surface area contributed by atoms with E-state index in [1.807, 2.05) is 24.5 Å². The summed E-state index contributed by atoms with van der Waals surface area (Å²) in [6.45, 7) is 12.3. The molecule has 4 heterocycles. The van der Waals surface area contributed by atoms with Crippen LogP contribution in [-0.2, 0) is 31.2 Å². The number of hydrogen-bond acceptors (Lipinski definition) is 8. The number of hydrogen-bond donors (Lipinski definition) is 2. The van der Waals surface area contributed by atoms with Crippen LogP contribution in [0.1, 0.15) is 70.4 Å². The predicted molar refractivity (Wildman–Crippen MR) is 172 cm³/mol. The van der Waals surface area contributed by atoms with E-state index in [2.05, 4.69) is 59.5 Å². The third kappa shape index (κ3) is 8.50. The minimum absolute atomic E-state index is 0.150. The van der Waals surface area contributed by atoms with E-state index in [-0.39, 0.29) is 12.0 Å². The molecule has 44 heavy (non-hydrogen) atoms. The van der Waals surface area contributed by atoms with E-state index in [4.69, 9.17) is 18.9 Å². The van der Waals surface area contributed by atoms with Crippen molar-refractivity contribution in [1.29, 1.82) is 0 Å². The van der Waals surface area contributed by atoms with Crippen LogP contribution in [0.4, 0.5) is 5.69 Å². The highest BCUT2D eigenvalue weighted by Gasteiger charge is 2.38. The Labute approximate surface area is 263 Å². The summed E-state index contributed by atoms with van der Waals surface area (Å²) in [4.78, 5) is 19.6. The lowest BCUT2D eigenvalue weighted by atomic mass is 9.82. The molecule has 0 spiro atoms. The van der Waals surface area contributed by atoms with Gasteiger partial charge in [-0.15, -0.1) is 0 Å². The maximum Gasteiger partial charge on any atom is 0.225 e. The van der Waals surface area contributed by atoms with Crippen LogP contribution in [0.2, 0.25) is 0 Å². The number of aromatic nitrogens is 1. The first-order chi connectivity index (χ1) is 21.3. The third-order valence-corrected chi connectivity index (χ3v) is 9.48. The molecule has 0 saturated carbocycles. The maximum absolute atomic E-state index is 13.0. The van der Waals surface area contributed by atoms with Gasteiger partial charge in [0.2, 0.25) is 5.91 Å². The molecule has 3 atom stereocenters. The number of methoxy groups -OCH3 is 1. The topological polar surface area (TPSA) is 94.2 Å². The lowest BCUT2D eigenvalue weighted by molar-refractivity contribution is -0.130. The number of pyridine rings is 1. The molecule has 2 N–H and O–H groups in total. The molecule has 9 heteroatoms. The van der Waals surface area contributed by atoms with Gasteiger partial charge >= 0.3 is 0 Å². The number of fused-ring (bicyclic) bond motifs is 1. The second kappa shape index (κ2) is 15.0. The van der Waals surface area contributed by atoms with Crippen LogP contribution in [0.3, 0.4) is 0 Å². The summed E-state index contributed by atoms with van der Waals surface area (Å²) >= 11 is 0. The van der Waals surface area contributed by atoms with Gasteiger partial charge in [-0.1, -0.05) is 19.9 Å². The second-order valence-corrected chi connectivity index (χ2v) is 13.6. The quantitative estimate of drug-likeness (QED) is 0.313. The van der Waals surface area contributed by atoms with Crippen LogP contribution in [-0.4, -0.2) is 76.1 Å². The standard InChI is InChI=1S/C35H52N4O5/c1-34(2,33(40)38-22-26-12-18-42-19-13-26)21-29-7-8-30(23-37-29)43-24-27-6-9-32-31(20-27)39(16-5-17-41-4)25-35(3,44-32)28-10-14-36-15-11-28/h6,9-11,14-15,20,26,29-30,37H,5,7-8,12-13,16-19,21-25H2,1-4H3,(H,38,40)/t29-,30+,35?/m0/s1. The van der Waals surface area contributed by atoms with Gasteiger partial charge in [-0.3, -0.25) is 9.78 Å². The molecule has 5 rings (SSSR count). The minimum Gasteiger partial charge on any atom is -0.479 e. The normalized spacial score (nSPS) is 24.4. The van der Waals surface area contributed by atoms with E-state index in [1.165, 1.54) is 0 Å². The van der Waals surface area contributed by atoms with Crippen LogP contribution in [0.5, 0.6) is 5.75 Å². The molecule has 2 aromatic rings. The Balaban J connectivity index is 1.12. The summed E-state index contributed by atoms with van der Waals surface area (Å²) in [6.07, 6.45) is 9.60. The molecule has 0 radical (unpaired) electrons. The van der Waals surface area contributed by atoms with E-state index in [0.29, 0.717) is 18.6 Å². The Morgan fingerprint density at radius 3 is 2.68 bits per heavy atom. The largest absolute Gasteiger partial charge is 0.479 e. The lowest BCUT2D eigenvalue weighted by Gasteiger charge is -2.43. The first kappa shape index (κ1) is 32.7. The zero-order valence-corrected chi connectivity index (χ0v) is 27.1. The number of carbonyl (C=O) groups excluding carboxylic acids is 1. The van der Waals surface area contributed by atoms with E-state index in [0.717, 1.165) is 107 Å². The van der Waals surface area contributed by atoms with Gasteiger partial charge in [-0.05, 0) is 86.8 Å². The number of nitrogens with zero attached hydrogens (tertiary/aromatic N) is 2. The molecule has 1 unspecified atom stereocenters. The first-order valence-electron chi connectivity index (χ1n) is 16.4. The van der Waals surface area contributed by atoms with Gasteiger partial charge in [0.05, 0.1) is 24.9 Å². The van der Waals surface area contributed by atoms with Crippen LogP contribution in [0.15, 0.2) is 42.7 Å². The van der Waals surface area contributed by atoms with Gasteiger partial charge in [0.25, 0.3) is 0 Å². The predicted octanol–water partition coefficient (Wildman–Crippen LogP) is 4.83. The van der Waals surface area contributed by atoms with Gasteiger partial charge in [-0.25, -0.2) is 0 Å². The summed E-state index contributed by atoms with van der Waals surface area (Å²) in [5.74, 6) is 1.57. The number of amides is 1. The fourth-order valence-electron chi connectivity index (χ4n) is 6.72. The highest BCUT2D eigenvalue weighted by molar-refractivity contribution is 5.81. The molecule has 242 valence electrons. The molecule has 2 fully saturated rings. The highest BCUT2D eigenvalue weighted by Crippen LogP contribution is 2.42. The lowest BCUT2D eigenvalue weighted by Crippen LogP contribution is -2.48. The molecule has 2 saturated heterocycles. The van der Waals surface area contributed by atoms with Gasteiger partial charge < -0.3 is 34.5 Å². The summed E-state index contributed by atoms with van der Waals surface area (Å²) in [7, 11) is 1.75. The van der Waals surface area contributed by atoms with Crippen molar-refractivity contribution in [3.05, 3.63) is 53.9 Å². The van der Waals surface area contributed by atoms with Crippen molar-refractivity contribution in [3.8, 4) is 5.75 Å². The minimum atomic E-state index is -0.467.